The fraction of sp³-hybridized carbons (Fsp3) is 0.818. The Morgan fingerprint density at radius 3 is 2.42 bits per heavy atom. The van der Waals surface area contributed by atoms with Gasteiger partial charge in [0.15, 0.2) is 0 Å². The third kappa shape index (κ3) is 5.36. The van der Waals surface area contributed by atoms with Gasteiger partial charge in [-0.1, -0.05) is 45.3 Å². The first-order valence-electron chi connectivity index (χ1n) is 4.98. The van der Waals surface area contributed by atoms with Crippen LogP contribution in [0.5, 0.6) is 0 Å². The topological polar surface area (TPSA) is 26.0 Å². The Morgan fingerprint density at radius 1 is 1.42 bits per heavy atom. The third-order valence-electron chi connectivity index (χ3n) is 2.54. The number of rotatable bonds is 6. The first-order chi connectivity index (χ1) is 5.57. The molecule has 0 radical (unpaired) electrons. The quantitative estimate of drug-likeness (QED) is 0.607. The summed E-state index contributed by atoms with van der Waals surface area (Å²) in [5.74, 6) is 0.849. The van der Waals surface area contributed by atoms with Gasteiger partial charge in [0.2, 0.25) is 0 Å². The molecule has 72 valence electrons. The summed E-state index contributed by atoms with van der Waals surface area (Å²) in [4.78, 5) is 0. The Morgan fingerprint density at radius 2 is 2.00 bits per heavy atom. The van der Waals surface area contributed by atoms with E-state index in [-0.39, 0.29) is 6.04 Å². The lowest BCUT2D eigenvalue weighted by Gasteiger charge is -2.12. The summed E-state index contributed by atoms with van der Waals surface area (Å²) in [6.07, 6.45) is 4.92. The number of hydrogen-bond donors (Lipinski definition) is 1. The summed E-state index contributed by atoms with van der Waals surface area (Å²) >= 11 is 0. The summed E-state index contributed by atoms with van der Waals surface area (Å²) < 4.78 is 0. The van der Waals surface area contributed by atoms with Gasteiger partial charge in [0.1, 0.15) is 0 Å². The number of nitrogens with two attached hydrogens (primary N) is 1. The Bertz CT molecular complexity index is 129. The maximum absolute atomic E-state index is 5.84. The van der Waals surface area contributed by atoms with Gasteiger partial charge in [-0.25, -0.2) is 0 Å². The van der Waals surface area contributed by atoms with Crippen LogP contribution in [0.25, 0.3) is 0 Å². The zero-order valence-electron chi connectivity index (χ0n) is 8.77. The second-order valence-electron chi connectivity index (χ2n) is 3.90. The van der Waals surface area contributed by atoms with E-state index in [0.29, 0.717) is 0 Å². The standard InChI is InChI=1S/C11H23N/c1-5-10(4)7-6-8-11(12)9(2)3/h10-11H,2,5-8,12H2,1,3-4H3/t10?,11-/m0/s1. The predicted molar refractivity (Wildman–Crippen MR) is 56.1 cm³/mol. The van der Waals surface area contributed by atoms with Crippen molar-refractivity contribution >= 4 is 0 Å². The molecular formula is C11H23N. The fourth-order valence-corrected chi connectivity index (χ4v) is 1.14. The van der Waals surface area contributed by atoms with E-state index >= 15 is 0 Å². The normalized spacial score (nSPS) is 15.7. The van der Waals surface area contributed by atoms with E-state index in [0.717, 1.165) is 17.9 Å². The summed E-state index contributed by atoms with van der Waals surface area (Å²) in [6, 6.07) is 0.217. The van der Waals surface area contributed by atoms with Crippen molar-refractivity contribution in [3.8, 4) is 0 Å². The monoisotopic (exact) mass is 169 g/mol. The lowest BCUT2D eigenvalue weighted by Crippen LogP contribution is -2.20. The van der Waals surface area contributed by atoms with Crippen molar-refractivity contribution in [1.29, 1.82) is 0 Å². The Balaban J connectivity index is 3.37. The smallest absolute Gasteiger partial charge is 0.0248 e. The molecule has 2 N–H and O–H groups in total. The van der Waals surface area contributed by atoms with E-state index in [1.54, 1.807) is 0 Å². The van der Waals surface area contributed by atoms with Crippen molar-refractivity contribution < 1.29 is 0 Å². The van der Waals surface area contributed by atoms with Crippen molar-refractivity contribution in [3.63, 3.8) is 0 Å². The molecule has 0 amide bonds. The van der Waals surface area contributed by atoms with E-state index in [1.165, 1.54) is 19.3 Å². The van der Waals surface area contributed by atoms with Crippen LogP contribution in [0.3, 0.4) is 0 Å². The predicted octanol–water partition coefficient (Wildman–Crippen LogP) is 3.11. The van der Waals surface area contributed by atoms with E-state index in [2.05, 4.69) is 20.4 Å². The molecule has 12 heavy (non-hydrogen) atoms. The molecule has 0 rings (SSSR count). The van der Waals surface area contributed by atoms with Crippen molar-refractivity contribution in [2.45, 2.75) is 52.5 Å². The van der Waals surface area contributed by atoms with Crippen LogP contribution in [0.15, 0.2) is 12.2 Å². The zero-order chi connectivity index (χ0) is 9.56. The molecule has 0 saturated heterocycles. The Labute approximate surface area is 77.0 Å². The highest BCUT2D eigenvalue weighted by atomic mass is 14.6. The molecule has 1 heteroatoms. The molecule has 0 fully saturated rings. The van der Waals surface area contributed by atoms with E-state index in [1.807, 2.05) is 6.92 Å². The molecule has 0 bridgehead atoms. The van der Waals surface area contributed by atoms with Gasteiger partial charge in [-0.15, -0.1) is 0 Å². The average molecular weight is 169 g/mol. The summed E-state index contributed by atoms with van der Waals surface area (Å²) in [7, 11) is 0. The molecule has 1 nitrogen and oxygen atoms in total. The molecule has 0 aliphatic rings. The van der Waals surface area contributed by atoms with Gasteiger partial charge in [0.05, 0.1) is 0 Å². The van der Waals surface area contributed by atoms with E-state index in [4.69, 9.17) is 5.73 Å². The molecule has 0 aliphatic heterocycles. The highest BCUT2D eigenvalue weighted by Crippen LogP contribution is 2.13. The molecule has 0 aromatic rings. The zero-order valence-corrected chi connectivity index (χ0v) is 8.77. The van der Waals surface area contributed by atoms with Crippen molar-refractivity contribution in [3.05, 3.63) is 12.2 Å². The summed E-state index contributed by atoms with van der Waals surface area (Å²) in [6.45, 7) is 10.4. The van der Waals surface area contributed by atoms with Crippen molar-refractivity contribution in [2.24, 2.45) is 11.7 Å². The largest absolute Gasteiger partial charge is 0.324 e. The van der Waals surface area contributed by atoms with E-state index in [9.17, 15) is 0 Å². The average Bonchev–Trinajstić information content (AvgIpc) is 2.03. The summed E-state index contributed by atoms with van der Waals surface area (Å²) in [5.41, 5.74) is 6.95. The fourth-order valence-electron chi connectivity index (χ4n) is 1.14. The van der Waals surface area contributed by atoms with E-state index < -0.39 is 0 Å². The van der Waals surface area contributed by atoms with Gasteiger partial charge in [0, 0.05) is 6.04 Å². The highest BCUT2D eigenvalue weighted by Gasteiger charge is 2.04. The first-order valence-corrected chi connectivity index (χ1v) is 4.98. The van der Waals surface area contributed by atoms with Crippen LogP contribution < -0.4 is 5.73 Å². The third-order valence-corrected chi connectivity index (χ3v) is 2.54. The SMILES string of the molecule is C=C(C)[C@@H](N)CCCC(C)CC. The van der Waals surface area contributed by atoms with Gasteiger partial charge < -0.3 is 5.73 Å². The van der Waals surface area contributed by atoms with Crippen molar-refractivity contribution in [2.75, 3.05) is 0 Å². The van der Waals surface area contributed by atoms with Gasteiger partial charge in [-0.2, -0.15) is 0 Å². The minimum atomic E-state index is 0.217. The second kappa shape index (κ2) is 6.24. The molecule has 1 unspecified atom stereocenters. The summed E-state index contributed by atoms with van der Waals surface area (Å²) in [5, 5.41) is 0. The van der Waals surface area contributed by atoms with Crippen LogP contribution in [0.1, 0.15) is 46.5 Å². The lowest BCUT2D eigenvalue weighted by atomic mass is 9.98. The molecule has 0 aromatic heterocycles. The molecule has 0 aliphatic carbocycles. The second-order valence-corrected chi connectivity index (χ2v) is 3.90. The lowest BCUT2D eigenvalue weighted by molar-refractivity contribution is 0.473. The van der Waals surface area contributed by atoms with Gasteiger partial charge in [-0.05, 0) is 19.3 Å². The van der Waals surface area contributed by atoms with Gasteiger partial charge in [0.25, 0.3) is 0 Å². The maximum atomic E-state index is 5.84. The molecule has 0 aromatic carbocycles. The Hall–Kier alpha value is -0.300. The minimum absolute atomic E-state index is 0.217. The van der Waals surface area contributed by atoms with Gasteiger partial charge >= 0.3 is 0 Å². The maximum Gasteiger partial charge on any atom is 0.0248 e. The van der Waals surface area contributed by atoms with Gasteiger partial charge in [-0.3, -0.25) is 0 Å². The highest BCUT2D eigenvalue weighted by molar-refractivity contribution is 4.99. The molecule has 2 atom stereocenters. The van der Waals surface area contributed by atoms with Crippen LogP contribution in [0.2, 0.25) is 0 Å². The van der Waals surface area contributed by atoms with Crippen LogP contribution in [-0.4, -0.2) is 6.04 Å². The minimum Gasteiger partial charge on any atom is -0.324 e. The van der Waals surface area contributed by atoms with Crippen LogP contribution in [0, 0.1) is 5.92 Å². The van der Waals surface area contributed by atoms with Crippen LogP contribution in [-0.2, 0) is 0 Å². The number of hydrogen-bond acceptors (Lipinski definition) is 1. The Kier molecular flexibility index (Phi) is 6.09. The van der Waals surface area contributed by atoms with Crippen molar-refractivity contribution in [1.82, 2.24) is 0 Å². The first kappa shape index (κ1) is 11.7. The van der Waals surface area contributed by atoms with Crippen LogP contribution >= 0.6 is 0 Å². The van der Waals surface area contributed by atoms with Crippen LogP contribution in [0.4, 0.5) is 0 Å². The molecular weight excluding hydrogens is 146 g/mol. The molecule has 0 spiro atoms. The molecule has 0 heterocycles. The molecule has 0 saturated carbocycles.